The zero-order valence-corrected chi connectivity index (χ0v) is 12.1. The fourth-order valence-corrected chi connectivity index (χ4v) is 1.80. The maximum Gasteiger partial charge on any atom is 0.166 e. The summed E-state index contributed by atoms with van der Waals surface area (Å²) in [5.74, 6) is -0.671. The predicted molar refractivity (Wildman–Crippen MR) is 74.8 cm³/mol. The summed E-state index contributed by atoms with van der Waals surface area (Å²) >= 11 is 0. The number of hydrogen-bond acceptors (Lipinski definition) is 3. The fraction of sp³-hybridized carbons (Fsp3) is 0.438. The Bertz CT molecular complexity index is 525. The Morgan fingerprint density at radius 2 is 1.32 bits per heavy atom. The smallest absolute Gasteiger partial charge is 0.166 e. The molecule has 1 aromatic rings. The van der Waals surface area contributed by atoms with E-state index in [-0.39, 0.29) is 29.2 Å². The van der Waals surface area contributed by atoms with Crippen LogP contribution in [0.1, 0.15) is 65.7 Å². The Hall–Kier alpha value is -1.77. The van der Waals surface area contributed by atoms with E-state index >= 15 is 0 Å². The third kappa shape index (κ3) is 3.37. The lowest BCUT2D eigenvalue weighted by Gasteiger charge is -2.13. The van der Waals surface area contributed by atoms with Crippen molar-refractivity contribution < 1.29 is 14.4 Å². The van der Waals surface area contributed by atoms with Crippen LogP contribution >= 0.6 is 0 Å². The largest absolute Gasteiger partial charge is 0.295 e. The average Bonchev–Trinajstić information content (AvgIpc) is 2.35. The van der Waals surface area contributed by atoms with Gasteiger partial charge in [-0.3, -0.25) is 14.4 Å². The Kier molecular flexibility index (Phi) is 4.76. The number of carbonyl (C=O) groups is 3. The third-order valence-electron chi connectivity index (χ3n) is 3.01. The van der Waals surface area contributed by atoms with E-state index in [0.717, 1.165) is 0 Å². The molecule has 3 heteroatoms. The van der Waals surface area contributed by atoms with Gasteiger partial charge in [-0.25, -0.2) is 0 Å². The summed E-state index contributed by atoms with van der Waals surface area (Å²) in [6.07, 6.45) is 0. The molecule has 0 saturated heterocycles. The molecule has 1 rings (SSSR count). The third-order valence-corrected chi connectivity index (χ3v) is 3.01. The number of hydrogen-bond donors (Lipinski definition) is 0. The highest BCUT2D eigenvalue weighted by molar-refractivity contribution is 6.11. The van der Waals surface area contributed by atoms with E-state index in [0.29, 0.717) is 16.7 Å². The zero-order chi connectivity index (χ0) is 14.7. The lowest BCUT2D eigenvalue weighted by molar-refractivity contribution is 0.0905. The van der Waals surface area contributed by atoms with E-state index in [1.807, 2.05) is 0 Å². The van der Waals surface area contributed by atoms with Crippen LogP contribution in [-0.2, 0) is 0 Å². The van der Waals surface area contributed by atoms with Crippen molar-refractivity contribution in [3.05, 3.63) is 34.9 Å². The Balaban J connectivity index is 3.43. The molecular formula is C16H20O3. The second-order valence-electron chi connectivity index (χ2n) is 5.35. The van der Waals surface area contributed by atoms with E-state index in [2.05, 4.69) is 0 Å². The van der Waals surface area contributed by atoms with Crippen molar-refractivity contribution in [3.63, 3.8) is 0 Å². The first-order valence-corrected chi connectivity index (χ1v) is 6.49. The zero-order valence-electron chi connectivity index (χ0n) is 12.1. The van der Waals surface area contributed by atoms with E-state index in [1.165, 1.54) is 6.92 Å². The van der Waals surface area contributed by atoms with Gasteiger partial charge in [-0.2, -0.15) is 0 Å². The van der Waals surface area contributed by atoms with Crippen LogP contribution in [0.2, 0.25) is 0 Å². The van der Waals surface area contributed by atoms with Crippen LogP contribution in [0.15, 0.2) is 18.2 Å². The lowest BCUT2D eigenvalue weighted by atomic mass is 9.89. The van der Waals surface area contributed by atoms with Gasteiger partial charge < -0.3 is 0 Å². The van der Waals surface area contributed by atoms with Crippen molar-refractivity contribution in [3.8, 4) is 0 Å². The minimum Gasteiger partial charge on any atom is -0.295 e. The summed E-state index contributed by atoms with van der Waals surface area (Å²) in [7, 11) is 0. The summed E-state index contributed by atoms with van der Waals surface area (Å²) in [5.41, 5.74) is 1.24. The molecule has 0 heterocycles. The van der Waals surface area contributed by atoms with Crippen molar-refractivity contribution in [2.45, 2.75) is 34.6 Å². The van der Waals surface area contributed by atoms with Gasteiger partial charge in [0.25, 0.3) is 0 Å². The molecule has 0 aliphatic carbocycles. The highest BCUT2D eigenvalue weighted by Crippen LogP contribution is 2.20. The molecule has 1 aromatic carbocycles. The number of benzene rings is 1. The minimum atomic E-state index is -0.207. The molecule has 0 fully saturated rings. The second-order valence-corrected chi connectivity index (χ2v) is 5.35. The molecule has 0 saturated carbocycles. The molecule has 0 bridgehead atoms. The monoisotopic (exact) mass is 260 g/mol. The molecule has 0 aliphatic rings. The molecule has 102 valence electrons. The van der Waals surface area contributed by atoms with E-state index in [9.17, 15) is 14.4 Å². The Morgan fingerprint density at radius 1 is 0.842 bits per heavy atom. The second kappa shape index (κ2) is 5.91. The first kappa shape index (κ1) is 15.3. The maximum atomic E-state index is 12.2. The highest BCUT2D eigenvalue weighted by atomic mass is 16.1. The van der Waals surface area contributed by atoms with Gasteiger partial charge in [0.2, 0.25) is 0 Å². The molecule has 0 spiro atoms. The number of rotatable bonds is 5. The van der Waals surface area contributed by atoms with E-state index in [4.69, 9.17) is 0 Å². The molecule has 0 radical (unpaired) electrons. The average molecular weight is 260 g/mol. The molecule has 0 atom stereocenters. The fourth-order valence-electron chi connectivity index (χ4n) is 1.80. The summed E-state index contributed by atoms with van der Waals surface area (Å²) in [4.78, 5) is 35.7. The van der Waals surface area contributed by atoms with Gasteiger partial charge in [-0.05, 0) is 19.1 Å². The quantitative estimate of drug-likeness (QED) is 0.760. The summed E-state index contributed by atoms with van der Waals surface area (Å²) in [5, 5.41) is 0. The summed E-state index contributed by atoms with van der Waals surface area (Å²) in [6, 6.07) is 4.74. The molecule has 19 heavy (non-hydrogen) atoms. The highest BCUT2D eigenvalue weighted by Gasteiger charge is 2.22. The van der Waals surface area contributed by atoms with Gasteiger partial charge in [0.15, 0.2) is 17.3 Å². The van der Waals surface area contributed by atoms with Gasteiger partial charge in [0, 0.05) is 28.5 Å². The molecule has 0 amide bonds. The normalized spacial score (nSPS) is 10.9. The van der Waals surface area contributed by atoms with Gasteiger partial charge in [0.1, 0.15) is 0 Å². The van der Waals surface area contributed by atoms with Gasteiger partial charge in [-0.1, -0.05) is 33.8 Å². The Morgan fingerprint density at radius 3 is 1.74 bits per heavy atom. The number of Topliss-reactive ketones (excluding diaryl/α,β-unsaturated/α-hetero) is 3. The molecule has 0 aliphatic heterocycles. The number of carbonyl (C=O) groups excluding carboxylic acids is 3. The molecule has 0 unspecified atom stereocenters. The van der Waals surface area contributed by atoms with Gasteiger partial charge >= 0.3 is 0 Å². The SMILES string of the molecule is CC(=O)c1ccc(C(=O)C(C)C)c(C(=O)C(C)C)c1. The van der Waals surface area contributed by atoms with Gasteiger partial charge in [-0.15, -0.1) is 0 Å². The number of ketones is 3. The summed E-state index contributed by atoms with van der Waals surface area (Å²) < 4.78 is 0. The van der Waals surface area contributed by atoms with E-state index in [1.54, 1.807) is 45.9 Å². The van der Waals surface area contributed by atoms with Crippen molar-refractivity contribution in [1.29, 1.82) is 0 Å². The minimum absolute atomic E-state index is 0.0703. The molecule has 3 nitrogen and oxygen atoms in total. The maximum absolute atomic E-state index is 12.2. The van der Waals surface area contributed by atoms with E-state index < -0.39 is 0 Å². The summed E-state index contributed by atoms with van der Waals surface area (Å²) in [6.45, 7) is 8.61. The standard InChI is InChI=1S/C16H20O3/c1-9(2)15(18)13-7-6-12(11(5)17)8-14(13)16(19)10(3)4/h6-10H,1-5H3. The van der Waals surface area contributed by atoms with Crippen LogP contribution in [0.3, 0.4) is 0 Å². The lowest BCUT2D eigenvalue weighted by Crippen LogP contribution is -2.17. The van der Waals surface area contributed by atoms with Crippen LogP contribution in [0.4, 0.5) is 0 Å². The van der Waals surface area contributed by atoms with Crippen LogP contribution < -0.4 is 0 Å². The van der Waals surface area contributed by atoms with Crippen LogP contribution in [0.25, 0.3) is 0 Å². The van der Waals surface area contributed by atoms with Gasteiger partial charge in [0.05, 0.1) is 0 Å². The van der Waals surface area contributed by atoms with Crippen LogP contribution in [-0.4, -0.2) is 17.3 Å². The predicted octanol–water partition coefficient (Wildman–Crippen LogP) is 3.57. The van der Waals surface area contributed by atoms with Crippen LogP contribution in [0.5, 0.6) is 0 Å². The molecule has 0 aromatic heterocycles. The first-order chi connectivity index (χ1) is 8.75. The topological polar surface area (TPSA) is 51.2 Å². The molecular weight excluding hydrogens is 240 g/mol. The Labute approximate surface area is 114 Å². The first-order valence-electron chi connectivity index (χ1n) is 6.49. The van der Waals surface area contributed by atoms with Crippen LogP contribution in [0, 0.1) is 11.8 Å². The van der Waals surface area contributed by atoms with Crippen molar-refractivity contribution in [2.75, 3.05) is 0 Å². The van der Waals surface area contributed by atoms with Crippen molar-refractivity contribution >= 4 is 17.3 Å². The van der Waals surface area contributed by atoms with Crippen molar-refractivity contribution in [1.82, 2.24) is 0 Å². The van der Waals surface area contributed by atoms with Crippen molar-refractivity contribution in [2.24, 2.45) is 11.8 Å². The molecule has 0 N–H and O–H groups in total.